The molecular formula is C24H30N2O5S. The fourth-order valence-corrected chi connectivity index (χ4v) is 5.31. The molecular weight excluding hydrogens is 428 g/mol. The Morgan fingerprint density at radius 2 is 1.81 bits per heavy atom. The van der Waals surface area contributed by atoms with E-state index < -0.39 is 16.1 Å². The van der Waals surface area contributed by atoms with Gasteiger partial charge in [0.05, 0.1) is 18.1 Å². The molecule has 0 radical (unpaired) electrons. The van der Waals surface area contributed by atoms with Crippen LogP contribution in [0.2, 0.25) is 0 Å². The number of nitrogens with zero attached hydrogens (tertiary/aromatic N) is 1. The first kappa shape index (κ1) is 22.6. The SMILES string of the molecule is CCOc1ccc([C@H](C)NS(=O)(=O)c2ccc3c(c2)CCN3C(=O)C2CC2)cc1OCC. The molecule has 0 aromatic heterocycles. The highest BCUT2D eigenvalue weighted by molar-refractivity contribution is 7.89. The summed E-state index contributed by atoms with van der Waals surface area (Å²) in [4.78, 5) is 14.5. The van der Waals surface area contributed by atoms with Crippen molar-refractivity contribution in [2.24, 2.45) is 5.92 Å². The van der Waals surface area contributed by atoms with Crippen molar-refractivity contribution < 1.29 is 22.7 Å². The van der Waals surface area contributed by atoms with Gasteiger partial charge in [0.2, 0.25) is 15.9 Å². The van der Waals surface area contributed by atoms with E-state index in [1.807, 2.05) is 26.0 Å². The van der Waals surface area contributed by atoms with E-state index >= 15 is 0 Å². The molecule has 1 aliphatic heterocycles. The summed E-state index contributed by atoms with van der Waals surface area (Å²) in [6, 6.07) is 10.0. The second kappa shape index (κ2) is 9.11. The minimum atomic E-state index is -3.74. The Labute approximate surface area is 189 Å². The topological polar surface area (TPSA) is 84.9 Å². The number of rotatable bonds is 9. The molecule has 4 rings (SSSR count). The number of carbonyl (C=O) groups excluding carboxylic acids is 1. The molecule has 0 bridgehead atoms. The van der Waals surface area contributed by atoms with Gasteiger partial charge in [0.25, 0.3) is 0 Å². The molecule has 0 unspecified atom stereocenters. The van der Waals surface area contributed by atoms with Gasteiger partial charge in [0.1, 0.15) is 0 Å². The number of hydrogen-bond donors (Lipinski definition) is 1. The molecule has 172 valence electrons. The molecule has 1 saturated carbocycles. The molecule has 2 aromatic rings. The van der Waals surface area contributed by atoms with E-state index in [0.29, 0.717) is 37.7 Å². The van der Waals surface area contributed by atoms with Crippen molar-refractivity contribution in [1.82, 2.24) is 4.72 Å². The highest BCUT2D eigenvalue weighted by atomic mass is 32.2. The van der Waals surface area contributed by atoms with Crippen molar-refractivity contribution in [2.45, 2.75) is 51.0 Å². The van der Waals surface area contributed by atoms with Crippen molar-refractivity contribution in [3.05, 3.63) is 47.5 Å². The fourth-order valence-electron chi connectivity index (χ4n) is 4.03. The van der Waals surface area contributed by atoms with Gasteiger partial charge < -0.3 is 14.4 Å². The van der Waals surface area contributed by atoms with Gasteiger partial charge in [-0.15, -0.1) is 0 Å². The summed E-state index contributed by atoms with van der Waals surface area (Å²) < 4.78 is 40.2. The molecule has 1 fully saturated rings. The summed E-state index contributed by atoms with van der Waals surface area (Å²) in [7, 11) is -3.74. The molecule has 1 atom stereocenters. The first-order valence-electron chi connectivity index (χ1n) is 11.2. The van der Waals surface area contributed by atoms with Crippen LogP contribution in [0, 0.1) is 5.92 Å². The Kier molecular flexibility index (Phi) is 6.44. The minimum Gasteiger partial charge on any atom is -0.490 e. The second-order valence-electron chi connectivity index (χ2n) is 8.22. The molecule has 32 heavy (non-hydrogen) atoms. The number of nitrogens with one attached hydrogen (secondary N) is 1. The Morgan fingerprint density at radius 3 is 2.50 bits per heavy atom. The average Bonchev–Trinajstić information content (AvgIpc) is 3.53. The lowest BCUT2D eigenvalue weighted by Gasteiger charge is -2.19. The van der Waals surface area contributed by atoms with Crippen LogP contribution >= 0.6 is 0 Å². The van der Waals surface area contributed by atoms with Gasteiger partial charge in [-0.25, -0.2) is 13.1 Å². The monoisotopic (exact) mass is 458 g/mol. The van der Waals surface area contributed by atoms with Crippen LogP contribution in [0.3, 0.4) is 0 Å². The van der Waals surface area contributed by atoms with E-state index in [9.17, 15) is 13.2 Å². The lowest BCUT2D eigenvalue weighted by molar-refractivity contribution is -0.119. The van der Waals surface area contributed by atoms with Crippen LogP contribution in [-0.4, -0.2) is 34.1 Å². The fraction of sp³-hybridized carbons (Fsp3) is 0.458. The Balaban J connectivity index is 1.52. The molecule has 2 aromatic carbocycles. The van der Waals surface area contributed by atoms with Crippen molar-refractivity contribution >= 4 is 21.6 Å². The normalized spacial score (nSPS) is 16.5. The number of fused-ring (bicyclic) bond motifs is 1. The molecule has 0 saturated heterocycles. The van der Waals surface area contributed by atoms with Crippen molar-refractivity contribution in [2.75, 3.05) is 24.7 Å². The molecule has 1 N–H and O–H groups in total. The first-order valence-corrected chi connectivity index (χ1v) is 12.7. The summed E-state index contributed by atoms with van der Waals surface area (Å²) in [5.74, 6) is 1.53. The van der Waals surface area contributed by atoms with Gasteiger partial charge >= 0.3 is 0 Å². The maximum Gasteiger partial charge on any atom is 0.241 e. The van der Waals surface area contributed by atoms with Gasteiger partial charge in [-0.1, -0.05) is 6.07 Å². The van der Waals surface area contributed by atoms with Crippen LogP contribution in [0.25, 0.3) is 0 Å². The van der Waals surface area contributed by atoms with Crippen LogP contribution in [-0.2, 0) is 21.2 Å². The smallest absolute Gasteiger partial charge is 0.241 e. The highest BCUT2D eigenvalue weighted by Gasteiger charge is 2.36. The molecule has 1 aliphatic carbocycles. The Bertz CT molecular complexity index is 1110. The largest absolute Gasteiger partial charge is 0.490 e. The van der Waals surface area contributed by atoms with Crippen LogP contribution in [0.1, 0.15) is 50.8 Å². The third-order valence-corrected chi connectivity index (χ3v) is 7.39. The molecule has 1 amide bonds. The van der Waals surface area contributed by atoms with E-state index in [-0.39, 0.29) is 16.7 Å². The minimum absolute atomic E-state index is 0.141. The van der Waals surface area contributed by atoms with E-state index in [2.05, 4.69) is 4.72 Å². The Hall–Kier alpha value is -2.58. The number of anilines is 1. The van der Waals surface area contributed by atoms with E-state index in [1.54, 1.807) is 36.1 Å². The lowest BCUT2D eigenvalue weighted by atomic mass is 10.1. The summed E-state index contributed by atoms with van der Waals surface area (Å²) in [6.07, 6.45) is 2.58. The number of amides is 1. The van der Waals surface area contributed by atoms with Gasteiger partial charge in [0, 0.05) is 24.2 Å². The zero-order chi connectivity index (χ0) is 22.9. The number of ether oxygens (including phenoxy) is 2. The van der Waals surface area contributed by atoms with Crippen LogP contribution in [0.5, 0.6) is 11.5 Å². The third-order valence-electron chi connectivity index (χ3n) is 5.85. The first-order chi connectivity index (χ1) is 15.3. The van der Waals surface area contributed by atoms with Gasteiger partial charge in [-0.05, 0) is 81.5 Å². The molecule has 2 aliphatic rings. The molecule has 0 spiro atoms. The lowest BCUT2D eigenvalue weighted by Crippen LogP contribution is -2.30. The predicted molar refractivity (Wildman–Crippen MR) is 123 cm³/mol. The number of benzene rings is 2. The van der Waals surface area contributed by atoms with Crippen molar-refractivity contribution in [3.8, 4) is 11.5 Å². The Morgan fingerprint density at radius 1 is 1.09 bits per heavy atom. The predicted octanol–water partition coefficient (Wildman–Crippen LogP) is 3.82. The van der Waals surface area contributed by atoms with Crippen molar-refractivity contribution in [3.63, 3.8) is 0 Å². The van der Waals surface area contributed by atoms with Gasteiger partial charge in [0.15, 0.2) is 11.5 Å². The zero-order valence-corrected chi connectivity index (χ0v) is 19.6. The summed E-state index contributed by atoms with van der Waals surface area (Å²) in [5, 5.41) is 0. The van der Waals surface area contributed by atoms with Crippen LogP contribution < -0.4 is 19.1 Å². The van der Waals surface area contributed by atoms with Crippen molar-refractivity contribution in [1.29, 1.82) is 0 Å². The van der Waals surface area contributed by atoms with E-state index in [0.717, 1.165) is 29.7 Å². The summed E-state index contributed by atoms with van der Waals surface area (Å²) >= 11 is 0. The summed E-state index contributed by atoms with van der Waals surface area (Å²) in [5.41, 5.74) is 2.51. The van der Waals surface area contributed by atoms with E-state index in [1.165, 1.54) is 0 Å². The molecule has 8 heteroatoms. The van der Waals surface area contributed by atoms with E-state index in [4.69, 9.17) is 9.47 Å². The second-order valence-corrected chi connectivity index (χ2v) is 9.93. The van der Waals surface area contributed by atoms with Crippen LogP contribution in [0.15, 0.2) is 41.3 Å². The number of hydrogen-bond acceptors (Lipinski definition) is 5. The van der Waals surface area contributed by atoms with Crippen LogP contribution in [0.4, 0.5) is 5.69 Å². The maximum atomic E-state index is 13.1. The zero-order valence-electron chi connectivity index (χ0n) is 18.8. The summed E-state index contributed by atoms with van der Waals surface area (Å²) in [6.45, 7) is 7.21. The average molecular weight is 459 g/mol. The third kappa shape index (κ3) is 4.61. The maximum absolute atomic E-state index is 13.1. The van der Waals surface area contributed by atoms with Gasteiger partial charge in [-0.3, -0.25) is 4.79 Å². The molecule has 7 nitrogen and oxygen atoms in total. The highest BCUT2D eigenvalue weighted by Crippen LogP contribution is 2.37. The van der Waals surface area contributed by atoms with Gasteiger partial charge in [-0.2, -0.15) is 0 Å². The standard InChI is InChI=1S/C24H30N2O5S/c1-4-30-22-11-8-18(15-23(22)31-5-2)16(3)25-32(28,29)20-9-10-21-19(14-20)12-13-26(21)24(27)17-6-7-17/h8-11,14-17,25H,4-7,12-13H2,1-3H3/t16-/m0/s1. The quantitative estimate of drug-likeness (QED) is 0.617. The number of sulfonamides is 1. The number of carbonyl (C=O) groups is 1. The molecule has 1 heterocycles.